The Morgan fingerprint density at radius 1 is 1.16 bits per heavy atom. The molecular weight excluding hydrogens is 454 g/mol. The highest BCUT2D eigenvalue weighted by atomic mass is 35.5. The quantitative estimate of drug-likeness (QED) is 0.479. The Morgan fingerprint density at radius 2 is 1.88 bits per heavy atom. The number of hydrogen-bond acceptors (Lipinski definition) is 7. The number of aromatic nitrogens is 4. The van der Waals surface area contributed by atoms with E-state index in [1.807, 2.05) is 30.3 Å². The van der Waals surface area contributed by atoms with Crippen molar-refractivity contribution < 1.29 is 18.5 Å². The number of alkyl carbamates (subject to hydrolysis) is 1. The Bertz CT molecular complexity index is 1080. The molecule has 1 amide bonds. The number of ether oxygens (including phenoxy) is 1. The molecule has 0 spiro atoms. The third-order valence-electron chi connectivity index (χ3n) is 4.43. The molecule has 3 aromatic rings. The molecule has 0 bridgehead atoms. The topological polar surface area (TPSA) is 116 Å². The summed E-state index contributed by atoms with van der Waals surface area (Å²) in [6.07, 6.45) is -0.304. The maximum absolute atomic E-state index is 12.6. The average molecular weight is 476 g/mol. The molecule has 2 unspecified atom stereocenters. The van der Waals surface area contributed by atoms with Gasteiger partial charge in [-0.1, -0.05) is 48.9 Å². The molecule has 0 saturated heterocycles. The first-order valence-electron chi connectivity index (χ1n) is 9.85. The lowest BCUT2D eigenvalue weighted by atomic mass is 10.1. The monoisotopic (exact) mass is 475 g/mol. The predicted molar refractivity (Wildman–Crippen MR) is 118 cm³/mol. The van der Waals surface area contributed by atoms with E-state index in [-0.39, 0.29) is 30.5 Å². The molecule has 3 rings (SSSR count). The smallest absolute Gasteiger partial charge is 0.408 e. The number of nitrogens with zero attached hydrogens (tertiary/aromatic N) is 4. The molecule has 1 N–H and O–H groups in total. The van der Waals surface area contributed by atoms with Crippen LogP contribution in [0.4, 0.5) is 4.79 Å². The second kappa shape index (κ2) is 11.5. The van der Waals surface area contributed by atoms with Crippen LogP contribution >= 0.6 is 11.6 Å². The van der Waals surface area contributed by atoms with Gasteiger partial charge in [0.1, 0.15) is 13.2 Å². The fourth-order valence-electron chi connectivity index (χ4n) is 2.76. The summed E-state index contributed by atoms with van der Waals surface area (Å²) in [6, 6.07) is 15.1. The summed E-state index contributed by atoms with van der Waals surface area (Å²) in [7, 11) is -1.37. The highest BCUT2D eigenvalue weighted by Gasteiger charge is 2.21. The fourth-order valence-corrected chi connectivity index (χ4v) is 3.84. The minimum absolute atomic E-state index is 0.0527. The van der Waals surface area contributed by atoms with E-state index in [4.69, 9.17) is 16.3 Å². The summed E-state index contributed by atoms with van der Waals surface area (Å²) in [6.45, 7) is 1.70. The van der Waals surface area contributed by atoms with Crippen LogP contribution in [0.25, 0.3) is 0 Å². The van der Waals surface area contributed by atoms with Gasteiger partial charge in [0.25, 0.3) is 0 Å². The van der Waals surface area contributed by atoms with Crippen molar-refractivity contribution in [3.63, 3.8) is 0 Å². The normalized spacial score (nSPS) is 12.7. The van der Waals surface area contributed by atoms with Gasteiger partial charge in [-0.3, -0.25) is 9.00 Å². The van der Waals surface area contributed by atoms with E-state index < -0.39 is 22.9 Å². The van der Waals surface area contributed by atoms with Crippen LogP contribution in [0.5, 0.6) is 0 Å². The van der Waals surface area contributed by atoms with Crippen LogP contribution in [0.15, 0.2) is 59.5 Å². The van der Waals surface area contributed by atoms with Gasteiger partial charge in [0.15, 0.2) is 11.6 Å². The molecule has 2 aromatic carbocycles. The van der Waals surface area contributed by atoms with Gasteiger partial charge in [0.05, 0.1) is 22.6 Å². The van der Waals surface area contributed by atoms with Gasteiger partial charge in [-0.25, -0.2) is 4.79 Å². The van der Waals surface area contributed by atoms with Crippen LogP contribution in [0.1, 0.15) is 24.7 Å². The fraction of sp³-hybridized carbons (Fsp3) is 0.286. The molecule has 2 atom stereocenters. The number of amides is 1. The van der Waals surface area contributed by atoms with Crippen molar-refractivity contribution in [2.45, 2.75) is 43.2 Å². The van der Waals surface area contributed by atoms with Crippen LogP contribution in [0.3, 0.4) is 0 Å². The number of hydrogen-bond donors (Lipinski definition) is 1. The molecule has 0 fully saturated rings. The number of nitrogens with one attached hydrogen (secondary N) is 1. The highest BCUT2D eigenvalue weighted by Crippen LogP contribution is 2.14. The van der Waals surface area contributed by atoms with Gasteiger partial charge in [-0.15, -0.1) is 10.2 Å². The van der Waals surface area contributed by atoms with Crippen molar-refractivity contribution in [3.8, 4) is 0 Å². The first-order chi connectivity index (χ1) is 15.4. The van der Waals surface area contributed by atoms with E-state index in [2.05, 4.69) is 20.7 Å². The van der Waals surface area contributed by atoms with Gasteiger partial charge in [0, 0.05) is 9.92 Å². The van der Waals surface area contributed by atoms with Crippen LogP contribution < -0.4 is 5.32 Å². The van der Waals surface area contributed by atoms with E-state index >= 15 is 0 Å². The number of benzene rings is 2. The number of tetrazole rings is 1. The molecule has 1 aromatic heterocycles. The first kappa shape index (κ1) is 23.6. The van der Waals surface area contributed by atoms with Crippen LogP contribution in [-0.2, 0) is 39.2 Å². The Balaban J connectivity index is 1.50. The molecule has 0 saturated carbocycles. The van der Waals surface area contributed by atoms with E-state index in [0.717, 1.165) is 10.4 Å². The Labute approximate surface area is 192 Å². The van der Waals surface area contributed by atoms with Crippen LogP contribution in [0, 0.1) is 0 Å². The van der Waals surface area contributed by atoms with Gasteiger partial charge in [0.2, 0.25) is 0 Å². The van der Waals surface area contributed by atoms with E-state index in [1.54, 1.807) is 31.2 Å². The summed E-state index contributed by atoms with van der Waals surface area (Å²) in [5.41, 5.74) is 0.845. The largest absolute Gasteiger partial charge is 0.445 e. The number of carbonyl (C=O) groups is 2. The average Bonchev–Trinajstić information content (AvgIpc) is 3.23. The molecular formula is C21H22ClN5O4S. The van der Waals surface area contributed by atoms with Crippen molar-refractivity contribution >= 4 is 34.3 Å². The van der Waals surface area contributed by atoms with Gasteiger partial charge in [-0.05, 0) is 41.5 Å². The molecule has 32 heavy (non-hydrogen) atoms. The van der Waals surface area contributed by atoms with Gasteiger partial charge in [-0.2, -0.15) is 4.80 Å². The molecule has 168 valence electrons. The summed E-state index contributed by atoms with van der Waals surface area (Å²) < 4.78 is 17.6. The number of halogens is 1. The Hall–Kier alpha value is -3.11. The number of ketones is 1. The number of rotatable bonds is 10. The number of carbonyl (C=O) groups excluding carboxylic acids is 2. The third kappa shape index (κ3) is 6.96. The lowest BCUT2D eigenvalue weighted by Crippen LogP contribution is -2.42. The van der Waals surface area contributed by atoms with Crippen molar-refractivity contribution in [3.05, 3.63) is 71.0 Å². The van der Waals surface area contributed by atoms with Crippen LogP contribution in [-0.4, -0.2) is 42.3 Å². The van der Waals surface area contributed by atoms with Crippen molar-refractivity contribution in [2.24, 2.45) is 0 Å². The zero-order chi connectivity index (χ0) is 22.9. The minimum atomic E-state index is -1.37. The lowest BCUT2D eigenvalue weighted by Gasteiger charge is -2.15. The first-order valence-corrected chi connectivity index (χ1v) is 11.5. The van der Waals surface area contributed by atoms with E-state index in [1.165, 1.54) is 0 Å². The maximum Gasteiger partial charge on any atom is 0.408 e. The second-order valence-corrected chi connectivity index (χ2v) is 8.70. The third-order valence-corrected chi connectivity index (χ3v) is 6.00. The molecule has 0 aliphatic rings. The number of Topliss-reactive ketones (excluding diaryl/α,β-unsaturated/α-hetero) is 1. The zero-order valence-electron chi connectivity index (χ0n) is 17.3. The molecule has 9 nitrogen and oxygen atoms in total. The standard InChI is InChI=1S/C21H22ClN5O4S/c1-2-18(23-21(29)31-13-15-6-4-3-5-7-15)19(28)12-27-25-20(24-26-27)14-32(30)17-10-8-16(22)9-11-17/h3-11,18H,2,12-14H2,1H3,(H,23,29). The van der Waals surface area contributed by atoms with Crippen molar-refractivity contribution in [1.29, 1.82) is 0 Å². The predicted octanol–water partition coefficient (Wildman–Crippen LogP) is 2.91. The lowest BCUT2D eigenvalue weighted by molar-refractivity contribution is -0.122. The Kier molecular flexibility index (Phi) is 8.46. The SMILES string of the molecule is CCC(NC(=O)OCc1ccccc1)C(=O)Cn1nnc(CS(=O)c2ccc(Cl)cc2)n1. The summed E-state index contributed by atoms with van der Waals surface area (Å²) >= 11 is 5.84. The molecule has 1 heterocycles. The summed E-state index contributed by atoms with van der Waals surface area (Å²) in [4.78, 5) is 26.3. The van der Waals surface area contributed by atoms with Gasteiger partial charge < -0.3 is 10.1 Å². The maximum atomic E-state index is 12.6. The summed E-state index contributed by atoms with van der Waals surface area (Å²) in [5, 5.41) is 14.9. The molecule has 11 heteroatoms. The van der Waals surface area contributed by atoms with E-state index in [0.29, 0.717) is 16.3 Å². The molecule has 0 aliphatic heterocycles. The molecule has 0 radical (unpaired) electrons. The Morgan fingerprint density at radius 3 is 2.56 bits per heavy atom. The van der Waals surface area contributed by atoms with Gasteiger partial charge >= 0.3 is 6.09 Å². The molecule has 0 aliphatic carbocycles. The van der Waals surface area contributed by atoms with E-state index in [9.17, 15) is 13.8 Å². The zero-order valence-corrected chi connectivity index (χ0v) is 18.9. The highest BCUT2D eigenvalue weighted by molar-refractivity contribution is 7.84. The summed E-state index contributed by atoms with van der Waals surface area (Å²) in [5.74, 6) is -0.00169. The minimum Gasteiger partial charge on any atom is -0.445 e. The van der Waals surface area contributed by atoms with Crippen LogP contribution in [0.2, 0.25) is 5.02 Å². The second-order valence-electron chi connectivity index (χ2n) is 6.81. The van der Waals surface area contributed by atoms with Crippen molar-refractivity contribution in [2.75, 3.05) is 0 Å². The van der Waals surface area contributed by atoms with Crippen molar-refractivity contribution in [1.82, 2.24) is 25.5 Å².